The van der Waals surface area contributed by atoms with Crippen molar-refractivity contribution in [1.82, 2.24) is 8.80 Å². The third kappa shape index (κ3) is 2.02. The fraction of sp³-hybridized carbons (Fsp3) is 0. The number of fused-ring (bicyclic) bond motifs is 11. The number of para-hydroxylation sites is 4. The number of hydrogen-bond acceptors (Lipinski definition) is 0. The van der Waals surface area contributed by atoms with Crippen molar-refractivity contribution in [3.05, 3.63) is 115 Å². The van der Waals surface area contributed by atoms with Gasteiger partial charge in [0.05, 0.1) is 27.6 Å². The molecule has 9 aromatic rings. The van der Waals surface area contributed by atoms with Gasteiger partial charge in [0.15, 0.2) is 0 Å². The molecule has 2 nitrogen and oxygen atoms in total. The number of nitrogens with zero attached hydrogens (tertiary/aromatic N) is 2. The van der Waals surface area contributed by atoms with Crippen molar-refractivity contribution < 1.29 is 0 Å². The molecular weight excluding hydrogens is 436 g/mol. The smallest absolute Gasteiger partial charge is 0.0620 e. The van der Waals surface area contributed by atoms with Crippen molar-refractivity contribution in [1.29, 1.82) is 0 Å². The molecule has 166 valence electrons. The summed E-state index contributed by atoms with van der Waals surface area (Å²) in [5.74, 6) is 0. The number of aromatic nitrogens is 2. The van der Waals surface area contributed by atoms with E-state index in [1.54, 1.807) is 0 Å². The minimum absolute atomic E-state index is 1.07. The molecule has 0 amide bonds. The van der Waals surface area contributed by atoms with Crippen LogP contribution in [0, 0.1) is 0 Å². The molecule has 0 unspecified atom stereocenters. The molecule has 0 aliphatic heterocycles. The van der Waals surface area contributed by atoms with Gasteiger partial charge in [0, 0.05) is 43.9 Å². The first kappa shape index (κ1) is 18.5. The van der Waals surface area contributed by atoms with E-state index in [2.05, 4.69) is 125 Å². The van der Waals surface area contributed by atoms with E-state index in [-0.39, 0.29) is 0 Å². The number of rotatable bonds is 0. The van der Waals surface area contributed by atoms with Crippen LogP contribution in [0.25, 0.3) is 82.6 Å². The van der Waals surface area contributed by atoms with Gasteiger partial charge in [-0.25, -0.2) is 0 Å². The molecule has 2 heteroatoms. The van der Waals surface area contributed by atoms with Crippen molar-refractivity contribution in [2.45, 2.75) is 0 Å². The first-order valence-corrected chi connectivity index (χ1v) is 12.4. The molecule has 4 heterocycles. The maximum Gasteiger partial charge on any atom is 0.0620 e. The Morgan fingerprint density at radius 1 is 0.417 bits per heavy atom. The van der Waals surface area contributed by atoms with E-state index in [0.717, 1.165) is 5.22 Å². The Hall–Kier alpha value is -4.82. The SMILES string of the molecule is C=c1c2ccc3c(c2ccn2c4ccccc4c4cccc1c42)c1cccc2c4ccccc4n3c21. The second kappa shape index (κ2) is 6.24. The van der Waals surface area contributed by atoms with Crippen LogP contribution in [0.4, 0.5) is 0 Å². The summed E-state index contributed by atoms with van der Waals surface area (Å²) in [4.78, 5) is 0. The molecule has 5 aromatic carbocycles. The molecule has 0 saturated heterocycles. The van der Waals surface area contributed by atoms with Crippen LogP contribution in [-0.2, 0) is 0 Å². The normalized spacial score (nSPS) is 12.6. The highest BCUT2D eigenvalue weighted by Crippen LogP contribution is 2.41. The van der Waals surface area contributed by atoms with E-state index in [9.17, 15) is 0 Å². The van der Waals surface area contributed by atoms with Crippen molar-refractivity contribution in [2.75, 3.05) is 0 Å². The maximum atomic E-state index is 4.66. The largest absolute Gasteiger partial charge is 0.315 e. The molecule has 0 spiro atoms. The average molecular weight is 457 g/mol. The van der Waals surface area contributed by atoms with Gasteiger partial charge in [-0.1, -0.05) is 85.4 Å². The molecule has 0 radical (unpaired) electrons. The molecule has 36 heavy (non-hydrogen) atoms. The zero-order valence-corrected chi connectivity index (χ0v) is 19.5. The average Bonchev–Trinajstić information content (AvgIpc) is 3.56. The Balaban J connectivity index is 1.60. The molecule has 0 aliphatic carbocycles. The second-order valence-electron chi connectivity index (χ2n) is 9.86. The van der Waals surface area contributed by atoms with Gasteiger partial charge in [0.25, 0.3) is 0 Å². The summed E-state index contributed by atoms with van der Waals surface area (Å²) in [5, 5.41) is 12.4. The second-order valence-corrected chi connectivity index (χ2v) is 9.86. The molecule has 0 saturated carbocycles. The van der Waals surface area contributed by atoms with Gasteiger partial charge < -0.3 is 8.80 Å². The monoisotopic (exact) mass is 456 g/mol. The highest BCUT2D eigenvalue weighted by molar-refractivity contribution is 6.29. The van der Waals surface area contributed by atoms with E-state index in [1.807, 2.05) is 0 Å². The molecular formula is C34H20N2. The Kier molecular flexibility index (Phi) is 3.21. The van der Waals surface area contributed by atoms with Crippen molar-refractivity contribution in [2.24, 2.45) is 0 Å². The minimum Gasteiger partial charge on any atom is -0.315 e. The summed E-state index contributed by atoms with van der Waals surface area (Å²) >= 11 is 0. The predicted molar refractivity (Wildman–Crippen MR) is 154 cm³/mol. The molecule has 9 rings (SSSR count). The summed E-state index contributed by atoms with van der Waals surface area (Å²) in [6.45, 7) is 4.66. The molecule has 0 fully saturated rings. The van der Waals surface area contributed by atoms with E-state index >= 15 is 0 Å². The van der Waals surface area contributed by atoms with E-state index < -0.39 is 0 Å². The number of benzene rings is 5. The first-order valence-electron chi connectivity index (χ1n) is 12.4. The lowest BCUT2D eigenvalue weighted by atomic mass is 10.0. The zero-order chi connectivity index (χ0) is 23.5. The lowest BCUT2D eigenvalue weighted by Crippen LogP contribution is -2.01. The lowest BCUT2D eigenvalue weighted by molar-refractivity contribution is 1.28. The maximum absolute atomic E-state index is 4.66. The summed E-state index contributed by atoms with van der Waals surface area (Å²) in [7, 11) is 0. The van der Waals surface area contributed by atoms with E-state index in [4.69, 9.17) is 0 Å². The fourth-order valence-electron chi connectivity index (χ4n) is 6.73. The first-order chi connectivity index (χ1) is 17.8. The van der Waals surface area contributed by atoms with Crippen molar-refractivity contribution in [3.8, 4) is 0 Å². The summed E-state index contributed by atoms with van der Waals surface area (Å²) in [6.07, 6.45) is 2.26. The van der Waals surface area contributed by atoms with Crippen LogP contribution < -0.4 is 5.22 Å². The highest BCUT2D eigenvalue weighted by Gasteiger charge is 2.18. The molecule has 4 aromatic heterocycles. The van der Waals surface area contributed by atoms with Crippen LogP contribution in [0.2, 0.25) is 0 Å². The zero-order valence-electron chi connectivity index (χ0n) is 19.5. The van der Waals surface area contributed by atoms with Gasteiger partial charge in [-0.2, -0.15) is 0 Å². The molecule has 0 atom stereocenters. The molecule has 0 aliphatic rings. The summed E-state index contributed by atoms with van der Waals surface area (Å²) in [5.41, 5.74) is 6.26. The van der Waals surface area contributed by atoms with Crippen LogP contribution in [-0.4, -0.2) is 8.80 Å². The van der Waals surface area contributed by atoms with Crippen LogP contribution in [0.5, 0.6) is 0 Å². The fourth-order valence-corrected chi connectivity index (χ4v) is 6.73. The van der Waals surface area contributed by atoms with Gasteiger partial charge in [0.1, 0.15) is 0 Å². The topological polar surface area (TPSA) is 8.82 Å². The van der Waals surface area contributed by atoms with Crippen LogP contribution in [0.3, 0.4) is 0 Å². The minimum atomic E-state index is 1.07. The molecule has 0 bridgehead atoms. The van der Waals surface area contributed by atoms with Gasteiger partial charge in [-0.3, -0.25) is 0 Å². The van der Waals surface area contributed by atoms with E-state index in [0.29, 0.717) is 0 Å². The van der Waals surface area contributed by atoms with Crippen LogP contribution >= 0.6 is 0 Å². The lowest BCUT2D eigenvalue weighted by Gasteiger charge is -2.06. The highest BCUT2D eigenvalue weighted by atomic mass is 14.9. The van der Waals surface area contributed by atoms with Gasteiger partial charge in [-0.05, 0) is 40.3 Å². The standard InChI is InChI=1S/C34H20N2/c1-20-21-16-17-31-32(28-13-7-12-27-24-9-3-5-15-30(24)36(31)34(27)28)25(21)18-19-35-29-14-4-2-8-23(29)26-11-6-10-22(20)33(26)35/h2-19H,1H2. The third-order valence-electron chi connectivity index (χ3n) is 8.20. The number of hydrogen-bond donors (Lipinski definition) is 0. The summed E-state index contributed by atoms with van der Waals surface area (Å²) in [6, 6.07) is 37.6. The van der Waals surface area contributed by atoms with Crippen LogP contribution in [0.15, 0.2) is 109 Å². The van der Waals surface area contributed by atoms with Crippen molar-refractivity contribution in [3.63, 3.8) is 0 Å². The van der Waals surface area contributed by atoms with Gasteiger partial charge in [0.2, 0.25) is 0 Å². The quantitative estimate of drug-likeness (QED) is 0.217. The Labute approximate surface area is 205 Å². The van der Waals surface area contributed by atoms with Crippen LogP contribution in [0.1, 0.15) is 0 Å². The molecule has 0 N–H and O–H groups in total. The Bertz CT molecular complexity index is 2440. The van der Waals surface area contributed by atoms with Gasteiger partial charge in [-0.15, -0.1) is 0 Å². The Morgan fingerprint density at radius 3 is 1.89 bits per heavy atom. The van der Waals surface area contributed by atoms with Gasteiger partial charge >= 0.3 is 0 Å². The Morgan fingerprint density at radius 2 is 1.06 bits per heavy atom. The third-order valence-corrected chi connectivity index (χ3v) is 8.20. The predicted octanol–water partition coefficient (Wildman–Crippen LogP) is 8.24. The summed E-state index contributed by atoms with van der Waals surface area (Å²) < 4.78 is 4.79. The van der Waals surface area contributed by atoms with Crippen molar-refractivity contribution >= 4 is 82.6 Å². The van der Waals surface area contributed by atoms with E-state index in [1.165, 1.54) is 76.1 Å².